The molecule has 0 aromatic carbocycles. The van der Waals surface area contributed by atoms with E-state index in [9.17, 15) is 19.2 Å². The summed E-state index contributed by atoms with van der Waals surface area (Å²) in [6, 6.07) is 3.17. The van der Waals surface area contributed by atoms with E-state index in [2.05, 4.69) is 4.98 Å². The third-order valence-electron chi connectivity index (χ3n) is 2.36. The van der Waals surface area contributed by atoms with Crippen LogP contribution < -0.4 is 11.3 Å². The van der Waals surface area contributed by atoms with Gasteiger partial charge in [-0.25, -0.2) is 10.6 Å². The van der Waals surface area contributed by atoms with Gasteiger partial charge < -0.3 is 20.4 Å². The van der Waals surface area contributed by atoms with Crippen LogP contribution in [0.3, 0.4) is 0 Å². The van der Waals surface area contributed by atoms with E-state index in [1.807, 2.05) is 5.43 Å². The van der Waals surface area contributed by atoms with Crippen LogP contribution in [0, 0.1) is 0 Å². The Kier molecular flexibility index (Phi) is 7.86. The molecule has 23 heavy (non-hydrogen) atoms. The van der Waals surface area contributed by atoms with Gasteiger partial charge in [-0.3, -0.25) is 24.8 Å². The minimum atomic E-state index is -2.74. The lowest BCUT2D eigenvalue weighted by Crippen LogP contribution is -2.42. The van der Waals surface area contributed by atoms with E-state index in [0.29, 0.717) is 5.56 Å². The average molecular weight is 329 g/mol. The molecule has 0 spiro atoms. The number of aliphatic hydroxyl groups is 1. The Morgan fingerprint density at radius 3 is 1.78 bits per heavy atom. The number of hydrogen-bond acceptors (Lipinski definition) is 7. The van der Waals surface area contributed by atoms with Crippen molar-refractivity contribution < 1.29 is 39.6 Å². The fraction of sp³-hybridized carbons (Fsp3) is 0.250. The Bertz CT molecular complexity index is 559. The molecule has 1 heterocycles. The normalized spacial score (nSPS) is 10.0. The van der Waals surface area contributed by atoms with Gasteiger partial charge in [-0.1, -0.05) is 0 Å². The van der Waals surface area contributed by atoms with Crippen LogP contribution in [-0.2, 0) is 14.4 Å². The molecular weight excluding hydrogens is 314 g/mol. The standard InChI is InChI=1S/C6H7N3O.C6H8O7/c7-9-6(10)5-1-3-8-4-2-5;7-3(8)1-6(13,5(11)12)2-4(9)10/h1-4H,7H2,(H,9,10);13H,1-2H2,(H,7,8)(H,9,10)(H,11,12). The van der Waals surface area contributed by atoms with Crippen molar-refractivity contribution in [2.75, 3.05) is 0 Å². The van der Waals surface area contributed by atoms with Gasteiger partial charge in [0.2, 0.25) is 0 Å². The molecule has 0 saturated carbocycles. The molecule has 0 atom stereocenters. The van der Waals surface area contributed by atoms with Crippen molar-refractivity contribution in [2.45, 2.75) is 18.4 Å². The van der Waals surface area contributed by atoms with Crippen LogP contribution in [0.1, 0.15) is 23.2 Å². The zero-order valence-corrected chi connectivity index (χ0v) is 11.7. The molecule has 0 aliphatic rings. The highest BCUT2D eigenvalue weighted by atomic mass is 16.4. The van der Waals surface area contributed by atoms with Crippen molar-refractivity contribution in [2.24, 2.45) is 5.84 Å². The quantitative estimate of drug-likeness (QED) is 0.201. The summed E-state index contributed by atoms with van der Waals surface area (Å²) in [4.78, 5) is 45.0. The maximum Gasteiger partial charge on any atom is 0.336 e. The van der Waals surface area contributed by atoms with Crippen LogP contribution in [-0.4, -0.2) is 54.8 Å². The van der Waals surface area contributed by atoms with Crippen molar-refractivity contribution in [3.8, 4) is 0 Å². The molecule has 0 fully saturated rings. The number of nitrogens with one attached hydrogen (secondary N) is 1. The Labute approximate surface area is 129 Å². The number of nitrogens with two attached hydrogens (primary N) is 1. The first kappa shape index (κ1) is 19.9. The van der Waals surface area contributed by atoms with Crippen LogP contribution in [0.2, 0.25) is 0 Å². The highest BCUT2D eigenvalue weighted by Gasteiger charge is 2.40. The largest absolute Gasteiger partial charge is 0.481 e. The molecular formula is C12H15N3O8. The minimum absolute atomic E-state index is 0.303. The second-order valence-electron chi connectivity index (χ2n) is 4.19. The number of aromatic nitrogens is 1. The highest BCUT2D eigenvalue weighted by molar-refractivity contribution is 5.93. The first-order chi connectivity index (χ1) is 10.6. The van der Waals surface area contributed by atoms with Gasteiger partial charge in [-0.05, 0) is 12.1 Å². The molecule has 11 nitrogen and oxygen atoms in total. The lowest BCUT2D eigenvalue weighted by atomic mass is 9.96. The molecule has 1 aromatic heterocycles. The third kappa shape index (κ3) is 7.50. The number of hydrogen-bond donors (Lipinski definition) is 6. The number of nitrogens with zero attached hydrogens (tertiary/aromatic N) is 1. The number of pyridine rings is 1. The van der Waals surface area contributed by atoms with Gasteiger partial charge in [0.25, 0.3) is 5.91 Å². The Balaban J connectivity index is 0.000000433. The maximum absolute atomic E-state index is 10.7. The second-order valence-corrected chi connectivity index (χ2v) is 4.19. The fourth-order valence-electron chi connectivity index (χ4n) is 1.30. The summed E-state index contributed by atoms with van der Waals surface area (Å²) in [5, 5.41) is 33.8. The number of carboxylic acids is 3. The van der Waals surface area contributed by atoms with E-state index in [1.54, 1.807) is 12.1 Å². The zero-order valence-electron chi connectivity index (χ0n) is 11.7. The van der Waals surface area contributed by atoms with Crippen molar-refractivity contribution in [3.05, 3.63) is 30.1 Å². The number of rotatable bonds is 6. The number of aliphatic carboxylic acids is 3. The van der Waals surface area contributed by atoms with Crippen molar-refractivity contribution in [1.82, 2.24) is 10.4 Å². The van der Waals surface area contributed by atoms with Gasteiger partial charge in [0.15, 0.2) is 5.60 Å². The molecule has 7 N–H and O–H groups in total. The van der Waals surface area contributed by atoms with Crippen LogP contribution in [0.4, 0.5) is 0 Å². The molecule has 1 amide bonds. The smallest absolute Gasteiger partial charge is 0.336 e. The van der Waals surface area contributed by atoms with Crippen LogP contribution in [0.25, 0.3) is 0 Å². The fourth-order valence-corrected chi connectivity index (χ4v) is 1.30. The number of amides is 1. The van der Waals surface area contributed by atoms with E-state index >= 15 is 0 Å². The summed E-state index contributed by atoms with van der Waals surface area (Å²) in [5.41, 5.74) is -0.212. The first-order valence-electron chi connectivity index (χ1n) is 5.92. The highest BCUT2D eigenvalue weighted by Crippen LogP contribution is 2.15. The van der Waals surface area contributed by atoms with E-state index in [4.69, 9.17) is 26.3 Å². The molecule has 0 saturated heterocycles. The lowest BCUT2D eigenvalue weighted by molar-refractivity contribution is -0.170. The van der Waals surface area contributed by atoms with Gasteiger partial charge in [-0.2, -0.15) is 0 Å². The molecule has 11 heteroatoms. The number of nitrogen functional groups attached to an aromatic ring is 1. The monoisotopic (exact) mass is 329 g/mol. The van der Waals surface area contributed by atoms with Crippen LogP contribution in [0.5, 0.6) is 0 Å². The maximum atomic E-state index is 10.7. The van der Waals surface area contributed by atoms with Crippen LogP contribution >= 0.6 is 0 Å². The van der Waals surface area contributed by atoms with Crippen molar-refractivity contribution in [3.63, 3.8) is 0 Å². The van der Waals surface area contributed by atoms with Crippen molar-refractivity contribution in [1.29, 1.82) is 0 Å². The van der Waals surface area contributed by atoms with E-state index in [0.717, 1.165) is 0 Å². The third-order valence-corrected chi connectivity index (χ3v) is 2.36. The molecule has 0 bridgehead atoms. The van der Waals surface area contributed by atoms with Crippen LogP contribution in [0.15, 0.2) is 24.5 Å². The van der Waals surface area contributed by atoms with Gasteiger partial charge in [0.1, 0.15) is 0 Å². The molecule has 1 rings (SSSR count). The lowest BCUT2D eigenvalue weighted by Gasteiger charge is -2.18. The Hall–Kier alpha value is -3.05. The van der Waals surface area contributed by atoms with Crippen molar-refractivity contribution >= 4 is 23.8 Å². The van der Waals surface area contributed by atoms with Gasteiger partial charge in [0, 0.05) is 18.0 Å². The predicted molar refractivity (Wildman–Crippen MR) is 73.0 cm³/mol. The molecule has 0 aliphatic carbocycles. The number of carbonyl (C=O) groups is 4. The predicted octanol–water partition coefficient (Wildman–Crippen LogP) is -1.56. The average Bonchev–Trinajstić information content (AvgIpc) is 2.46. The topological polar surface area (TPSA) is 200 Å². The first-order valence-corrected chi connectivity index (χ1v) is 5.92. The molecule has 1 aromatic rings. The molecule has 0 radical (unpaired) electrons. The van der Waals surface area contributed by atoms with Gasteiger partial charge >= 0.3 is 17.9 Å². The Morgan fingerprint density at radius 1 is 1.04 bits per heavy atom. The SMILES string of the molecule is NNC(=O)c1ccncc1.O=C(O)CC(O)(CC(=O)O)C(=O)O. The molecule has 126 valence electrons. The summed E-state index contributed by atoms with van der Waals surface area (Å²) in [7, 11) is 0. The zero-order chi connectivity index (χ0) is 18.0. The van der Waals surface area contributed by atoms with E-state index in [1.165, 1.54) is 12.4 Å². The number of carboxylic acid groups (broad SMARTS) is 3. The van der Waals surface area contributed by atoms with Gasteiger partial charge in [-0.15, -0.1) is 0 Å². The molecule has 0 unspecified atom stereocenters. The summed E-state index contributed by atoms with van der Waals surface area (Å²) in [6.45, 7) is 0. The van der Waals surface area contributed by atoms with Gasteiger partial charge in [0.05, 0.1) is 12.8 Å². The number of carbonyl (C=O) groups excluding carboxylic acids is 1. The summed E-state index contributed by atoms with van der Waals surface area (Å²) in [5.74, 6) is -0.438. The molecule has 0 aliphatic heterocycles. The Morgan fingerprint density at radius 2 is 1.48 bits per heavy atom. The summed E-state index contributed by atoms with van der Waals surface area (Å²) in [6.07, 6.45) is 0.776. The summed E-state index contributed by atoms with van der Waals surface area (Å²) < 4.78 is 0. The van der Waals surface area contributed by atoms with E-state index < -0.39 is 36.4 Å². The van der Waals surface area contributed by atoms with E-state index in [-0.39, 0.29) is 5.91 Å². The second kappa shape index (κ2) is 9.07. The summed E-state index contributed by atoms with van der Waals surface area (Å²) >= 11 is 0. The minimum Gasteiger partial charge on any atom is -0.481 e. The number of hydrazine groups is 1.